The van der Waals surface area contributed by atoms with Crippen molar-refractivity contribution in [3.63, 3.8) is 0 Å². The molecule has 0 aromatic heterocycles. The van der Waals surface area contributed by atoms with Crippen molar-refractivity contribution in [2.45, 2.75) is 39.7 Å². The molecule has 0 aromatic carbocycles. The molecule has 5 atom stereocenters. The maximum atomic E-state index is 12.7. The van der Waals surface area contributed by atoms with Gasteiger partial charge in [-0.25, -0.2) is 0 Å². The first-order chi connectivity index (χ1) is 13.5. The number of fused-ring (bicyclic) bond motifs is 5. The van der Waals surface area contributed by atoms with Gasteiger partial charge in [-0.1, -0.05) is 19.1 Å². The number of aliphatic imine (C=N–C) groups is 1. The van der Waals surface area contributed by atoms with Gasteiger partial charge in [0.25, 0.3) is 0 Å². The first-order valence-corrected chi connectivity index (χ1v) is 10.7. The van der Waals surface area contributed by atoms with E-state index in [2.05, 4.69) is 53.6 Å². The van der Waals surface area contributed by atoms with Crippen molar-refractivity contribution in [2.24, 2.45) is 28.7 Å². The number of likely N-dealkylation sites (tertiary alicyclic amines) is 1. The highest BCUT2D eigenvalue weighted by Gasteiger charge is 2.58. The van der Waals surface area contributed by atoms with Crippen LogP contribution in [0.25, 0.3) is 0 Å². The highest BCUT2D eigenvalue weighted by Crippen LogP contribution is 2.52. The predicted octanol–water partition coefficient (Wildman–Crippen LogP) is 1.08. The monoisotopic (exact) mass is 389 g/mol. The number of carbonyl (C=O) groups is 2. The lowest BCUT2D eigenvalue weighted by atomic mass is 9.85. The van der Waals surface area contributed by atoms with Crippen LogP contribution in [0.5, 0.6) is 0 Å². The van der Waals surface area contributed by atoms with Gasteiger partial charge in [0.15, 0.2) is 5.96 Å². The number of hydrogen-bond donors (Lipinski definition) is 2. The van der Waals surface area contributed by atoms with Gasteiger partial charge in [0, 0.05) is 32.2 Å². The Bertz CT molecular complexity index is 617. The highest BCUT2D eigenvalue weighted by molar-refractivity contribution is 6.06. The zero-order chi connectivity index (χ0) is 20.3. The molecule has 1 saturated heterocycles. The normalized spacial score (nSPS) is 29.8. The minimum atomic E-state index is -0.111. The second kappa shape index (κ2) is 9.07. The molecule has 7 nitrogen and oxygen atoms in total. The van der Waals surface area contributed by atoms with Crippen LogP contribution in [0.15, 0.2) is 17.1 Å². The van der Waals surface area contributed by atoms with Gasteiger partial charge in [0.2, 0.25) is 11.8 Å². The van der Waals surface area contributed by atoms with Gasteiger partial charge in [0.1, 0.15) is 0 Å². The Balaban J connectivity index is 1.48. The van der Waals surface area contributed by atoms with E-state index in [0.29, 0.717) is 25.7 Å². The first-order valence-electron chi connectivity index (χ1n) is 10.7. The fourth-order valence-corrected chi connectivity index (χ4v) is 4.66. The molecule has 3 rings (SSSR count). The Morgan fingerprint density at radius 3 is 2.43 bits per heavy atom. The quantitative estimate of drug-likeness (QED) is 0.267. The van der Waals surface area contributed by atoms with E-state index in [1.807, 2.05) is 6.92 Å². The summed E-state index contributed by atoms with van der Waals surface area (Å²) in [5, 5.41) is 6.50. The van der Waals surface area contributed by atoms with Gasteiger partial charge in [0.05, 0.1) is 18.4 Å². The number of rotatable bonds is 9. The van der Waals surface area contributed by atoms with Crippen LogP contribution in [0.2, 0.25) is 0 Å². The average Bonchev–Trinajstić information content (AvgIpc) is 3.36. The second-order valence-electron chi connectivity index (χ2n) is 8.25. The van der Waals surface area contributed by atoms with Gasteiger partial charge in [-0.15, -0.1) is 0 Å². The highest BCUT2D eigenvalue weighted by atomic mass is 16.2. The molecule has 2 fully saturated rings. The lowest BCUT2D eigenvalue weighted by molar-refractivity contribution is -0.140. The van der Waals surface area contributed by atoms with E-state index in [-0.39, 0.29) is 35.5 Å². The van der Waals surface area contributed by atoms with Crippen molar-refractivity contribution in [1.82, 2.24) is 20.4 Å². The van der Waals surface area contributed by atoms with Crippen LogP contribution < -0.4 is 10.6 Å². The summed E-state index contributed by atoms with van der Waals surface area (Å²) >= 11 is 0. The first kappa shape index (κ1) is 20.8. The molecule has 2 aliphatic carbocycles. The van der Waals surface area contributed by atoms with Crippen LogP contribution >= 0.6 is 0 Å². The fourth-order valence-electron chi connectivity index (χ4n) is 4.66. The summed E-state index contributed by atoms with van der Waals surface area (Å²) < 4.78 is 0. The summed E-state index contributed by atoms with van der Waals surface area (Å²) in [7, 11) is 2.12. The van der Waals surface area contributed by atoms with E-state index in [9.17, 15) is 9.59 Å². The molecule has 2 bridgehead atoms. The van der Waals surface area contributed by atoms with Gasteiger partial charge in [-0.2, -0.15) is 0 Å². The number of allylic oxidation sites excluding steroid dienone is 2. The molecule has 3 aliphatic rings. The maximum absolute atomic E-state index is 12.7. The number of amides is 2. The molecule has 0 spiro atoms. The molecule has 1 aliphatic heterocycles. The summed E-state index contributed by atoms with van der Waals surface area (Å²) in [5.74, 6) is 1.09. The van der Waals surface area contributed by atoms with E-state index in [1.54, 1.807) is 0 Å². The number of nitrogens with one attached hydrogen (secondary N) is 2. The maximum Gasteiger partial charge on any atom is 0.233 e. The largest absolute Gasteiger partial charge is 0.357 e. The summed E-state index contributed by atoms with van der Waals surface area (Å²) in [6, 6.07) is 0.544. The number of nitrogens with zero attached hydrogens (tertiary/aromatic N) is 3. The van der Waals surface area contributed by atoms with Crippen LogP contribution in [0.3, 0.4) is 0 Å². The molecule has 0 aromatic rings. The molecule has 28 heavy (non-hydrogen) atoms. The number of guanidine groups is 1. The Hall–Kier alpha value is -1.89. The van der Waals surface area contributed by atoms with E-state index in [0.717, 1.165) is 31.9 Å². The van der Waals surface area contributed by atoms with E-state index < -0.39 is 0 Å². The number of carbonyl (C=O) groups excluding carboxylic acids is 2. The predicted molar refractivity (Wildman–Crippen MR) is 111 cm³/mol. The van der Waals surface area contributed by atoms with Crippen molar-refractivity contribution in [3.05, 3.63) is 12.2 Å². The molecule has 156 valence electrons. The van der Waals surface area contributed by atoms with Crippen molar-refractivity contribution >= 4 is 17.8 Å². The van der Waals surface area contributed by atoms with E-state index in [1.165, 1.54) is 4.90 Å². The summed E-state index contributed by atoms with van der Waals surface area (Å²) in [6.45, 7) is 9.73. The molecular formula is C21H35N5O2. The lowest BCUT2D eigenvalue weighted by Gasteiger charge is -2.22. The zero-order valence-corrected chi connectivity index (χ0v) is 17.6. The Morgan fingerprint density at radius 1 is 1.21 bits per heavy atom. The van der Waals surface area contributed by atoms with Crippen molar-refractivity contribution < 1.29 is 9.59 Å². The molecule has 2 N–H and O–H groups in total. The van der Waals surface area contributed by atoms with E-state index in [4.69, 9.17) is 0 Å². The summed E-state index contributed by atoms with van der Waals surface area (Å²) in [5.41, 5.74) is 0. The lowest BCUT2D eigenvalue weighted by Crippen LogP contribution is -2.44. The van der Waals surface area contributed by atoms with Crippen molar-refractivity contribution in [2.75, 3.05) is 39.8 Å². The van der Waals surface area contributed by atoms with Gasteiger partial charge in [-0.3, -0.25) is 19.5 Å². The number of hydrogen-bond acceptors (Lipinski definition) is 4. The third kappa shape index (κ3) is 4.09. The van der Waals surface area contributed by atoms with Crippen LogP contribution in [-0.2, 0) is 9.59 Å². The van der Waals surface area contributed by atoms with E-state index >= 15 is 0 Å². The summed E-state index contributed by atoms with van der Waals surface area (Å²) in [4.78, 5) is 33.8. The topological polar surface area (TPSA) is 77.0 Å². The molecule has 0 radical (unpaired) electrons. The van der Waals surface area contributed by atoms with Crippen LogP contribution in [-0.4, -0.2) is 73.4 Å². The average molecular weight is 390 g/mol. The zero-order valence-electron chi connectivity index (χ0n) is 17.6. The molecule has 7 heteroatoms. The van der Waals surface area contributed by atoms with Crippen LogP contribution in [0.4, 0.5) is 0 Å². The Labute approximate surface area is 168 Å². The minimum Gasteiger partial charge on any atom is -0.357 e. The smallest absolute Gasteiger partial charge is 0.233 e. The Kier molecular flexibility index (Phi) is 6.75. The minimum absolute atomic E-state index is 0.0192. The molecule has 1 heterocycles. The molecule has 2 amide bonds. The van der Waals surface area contributed by atoms with Crippen LogP contribution in [0.1, 0.15) is 33.6 Å². The van der Waals surface area contributed by atoms with Crippen molar-refractivity contribution in [3.8, 4) is 0 Å². The molecular weight excluding hydrogens is 354 g/mol. The number of likely N-dealkylation sites (N-methyl/N-ethyl adjacent to an activating group) is 1. The Morgan fingerprint density at radius 2 is 1.86 bits per heavy atom. The van der Waals surface area contributed by atoms with Gasteiger partial charge < -0.3 is 15.5 Å². The number of imide groups is 1. The standard InChI is InChI=1S/C21H35N5O2/c1-5-14(3)25(4)11-9-23-21(22-6-2)24-10-12-26-19(27)17-15-7-8-16(13-15)18(17)20(26)28/h7-8,14-18H,5-6,9-13H2,1-4H3,(H2,22,23,24). The summed E-state index contributed by atoms with van der Waals surface area (Å²) in [6.07, 6.45) is 6.35. The molecule has 1 saturated carbocycles. The third-order valence-electron chi connectivity index (χ3n) is 6.60. The SMILES string of the molecule is CCNC(=NCCN(C)C(C)CC)NCCN1C(=O)C2C3C=CC(C3)C2C1=O. The van der Waals surface area contributed by atoms with Crippen LogP contribution in [0, 0.1) is 23.7 Å². The molecule has 5 unspecified atom stereocenters. The van der Waals surface area contributed by atoms with Gasteiger partial charge >= 0.3 is 0 Å². The third-order valence-corrected chi connectivity index (χ3v) is 6.60. The van der Waals surface area contributed by atoms with Crippen molar-refractivity contribution in [1.29, 1.82) is 0 Å². The fraction of sp³-hybridized carbons (Fsp3) is 0.762. The second-order valence-corrected chi connectivity index (χ2v) is 8.25. The van der Waals surface area contributed by atoms with Gasteiger partial charge in [-0.05, 0) is 45.6 Å².